The Morgan fingerprint density at radius 2 is 1.93 bits per heavy atom. The lowest BCUT2D eigenvalue weighted by Gasteiger charge is -2.08. The molecule has 0 saturated heterocycles. The topological polar surface area (TPSA) is 17.1 Å². The molecule has 1 nitrogen and oxygen atoms in total. The minimum Gasteiger partial charge on any atom is -0.294 e. The van der Waals surface area contributed by atoms with Crippen molar-refractivity contribution in [3.8, 4) is 0 Å². The summed E-state index contributed by atoms with van der Waals surface area (Å²) in [6, 6.07) is 6.20. The van der Waals surface area contributed by atoms with Gasteiger partial charge in [-0.1, -0.05) is 32.4 Å². The summed E-state index contributed by atoms with van der Waals surface area (Å²) in [7, 11) is 0. The number of carbonyl (C=O) groups excluding carboxylic acids is 1. The van der Waals surface area contributed by atoms with Crippen LogP contribution < -0.4 is 0 Å². The van der Waals surface area contributed by atoms with E-state index in [2.05, 4.69) is 26.8 Å². The van der Waals surface area contributed by atoms with Gasteiger partial charge < -0.3 is 0 Å². The molecule has 0 amide bonds. The van der Waals surface area contributed by atoms with Crippen LogP contribution in [0.2, 0.25) is 0 Å². The lowest BCUT2D eigenvalue weighted by atomic mass is 9.97. The van der Waals surface area contributed by atoms with Crippen LogP contribution in [-0.4, -0.2) is 5.78 Å². The predicted octanol–water partition coefficient (Wildman–Crippen LogP) is 3.79. The molecule has 1 aromatic carbocycles. The molecule has 1 aromatic rings. The molecule has 0 aromatic heterocycles. The first-order valence-electron chi connectivity index (χ1n) is 5.66. The molecule has 0 N–H and O–H groups in total. The molecule has 0 saturated carbocycles. The van der Waals surface area contributed by atoms with Gasteiger partial charge in [0.05, 0.1) is 0 Å². The average Bonchev–Trinajstić information content (AvgIpc) is 2.14. The molecule has 15 heavy (non-hydrogen) atoms. The third-order valence-corrected chi connectivity index (χ3v) is 2.42. The van der Waals surface area contributed by atoms with Crippen molar-refractivity contribution in [2.75, 3.05) is 0 Å². The number of carbonyl (C=O) groups is 1. The van der Waals surface area contributed by atoms with Crippen molar-refractivity contribution in [3.05, 3.63) is 34.9 Å². The molecule has 82 valence electrons. The Bertz CT molecular complexity index is 350. The zero-order chi connectivity index (χ0) is 11.4. The van der Waals surface area contributed by atoms with Crippen molar-refractivity contribution >= 4 is 5.78 Å². The number of hydrogen-bond acceptors (Lipinski definition) is 1. The summed E-state index contributed by atoms with van der Waals surface area (Å²) in [6.07, 6.45) is 1.64. The van der Waals surface area contributed by atoms with Crippen molar-refractivity contribution in [1.29, 1.82) is 0 Å². The molecule has 0 fully saturated rings. The van der Waals surface area contributed by atoms with Crippen LogP contribution in [0.15, 0.2) is 18.2 Å². The molecule has 1 rings (SSSR count). The fraction of sp³-hybridized carbons (Fsp3) is 0.500. The molecular formula is C14H20O. The predicted molar refractivity (Wildman–Crippen MR) is 64.3 cm³/mol. The summed E-state index contributed by atoms with van der Waals surface area (Å²) in [5.74, 6) is 0.875. The van der Waals surface area contributed by atoms with E-state index >= 15 is 0 Å². The fourth-order valence-electron chi connectivity index (χ4n) is 1.82. The van der Waals surface area contributed by atoms with Gasteiger partial charge in [0.2, 0.25) is 0 Å². The Balaban J connectivity index is 2.99. The summed E-state index contributed by atoms with van der Waals surface area (Å²) in [6.45, 7) is 8.36. The molecule has 0 atom stereocenters. The zero-order valence-electron chi connectivity index (χ0n) is 10.1. The summed E-state index contributed by atoms with van der Waals surface area (Å²) in [5, 5.41) is 0. The number of Topliss-reactive ketones (excluding diaryl/α,β-unsaturated/α-hetero) is 1. The maximum Gasteiger partial charge on any atom is 0.162 e. The summed E-state index contributed by atoms with van der Waals surface area (Å²) in [5.41, 5.74) is 3.33. The van der Waals surface area contributed by atoms with Crippen LogP contribution in [0.3, 0.4) is 0 Å². The molecule has 0 aliphatic heterocycles. The maximum atomic E-state index is 11.6. The molecule has 0 radical (unpaired) electrons. The lowest BCUT2D eigenvalue weighted by molar-refractivity contribution is 0.0988. The van der Waals surface area contributed by atoms with Gasteiger partial charge in [-0.05, 0) is 37.0 Å². The van der Waals surface area contributed by atoms with E-state index in [9.17, 15) is 4.79 Å². The highest BCUT2D eigenvalue weighted by molar-refractivity contribution is 5.96. The number of hydrogen-bond donors (Lipinski definition) is 0. The maximum absolute atomic E-state index is 11.6. The molecule has 0 aliphatic rings. The van der Waals surface area contributed by atoms with Gasteiger partial charge in [0.1, 0.15) is 0 Å². The Kier molecular flexibility index (Phi) is 4.07. The standard InChI is InChI=1S/C14H20O/c1-5-14(15)13-8-11(4)7-12(9-13)6-10(2)3/h7-10H,5-6H2,1-4H3. The van der Waals surface area contributed by atoms with Gasteiger partial charge in [-0.25, -0.2) is 0 Å². The molecule has 0 bridgehead atoms. The lowest BCUT2D eigenvalue weighted by Crippen LogP contribution is -2.01. The second kappa shape index (κ2) is 5.11. The third kappa shape index (κ3) is 3.50. The minimum absolute atomic E-state index is 0.240. The van der Waals surface area contributed by atoms with Crippen LogP contribution in [-0.2, 0) is 6.42 Å². The fourth-order valence-corrected chi connectivity index (χ4v) is 1.82. The molecule has 1 heteroatoms. The second-order valence-corrected chi connectivity index (χ2v) is 4.58. The van der Waals surface area contributed by atoms with Crippen molar-refractivity contribution in [2.45, 2.75) is 40.5 Å². The number of rotatable bonds is 4. The van der Waals surface area contributed by atoms with Crippen LogP contribution in [0.25, 0.3) is 0 Å². The number of ketones is 1. The minimum atomic E-state index is 0.240. The van der Waals surface area contributed by atoms with Crippen LogP contribution in [0.5, 0.6) is 0 Å². The van der Waals surface area contributed by atoms with Gasteiger partial charge in [0.25, 0.3) is 0 Å². The summed E-state index contributed by atoms with van der Waals surface area (Å²) < 4.78 is 0. The van der Waals surface area contributed by atoms with E-state index in [-0.39, 0.29) is 5.78 Å². The van der Waals surface area contributed by atoms with Crippen LogP contribution in [0.1, 0.15) is 48.7 Å². The molecule has 0 aliphatic carbocycles. The Labute approximate surface area is 92.5 Å². The van der Waals surface area contributed by atoms with E-state index in [0.29, 0.717) is 12.3 Å². The van der Waals surface area contributed by atoms with Gasteiger partial charge in [-0.3, -0.25) is 4.79 Å². The van der Waals surface area contributed by atoms with Gasteiger partial charge in [0, 0.05) is 12.0 Å². The average molecular weight is 204 g/mol. The molecular weight excluding hydrogens is 184 g/mol. The first kappa shape index (κ1) is 12.0. The quantitative estimate of drug-likeness (QED) is 0.682. The summed E-state index contributed by atoms with van der Waals surface area (Å²) >= 11 is 0. The van der Waals surface area contributed by atoms with E-state index in [1.807, 2.05) is 19.1 Å². The summed E-state index contributed by atoms with van der Waals surface area (Å²) in [4.78, 5) is 11.6. The van der Waals surface area contributed by atoms with Gasteiger partial charge in [-0.15, -0.1) is 0 Å². The van der Waals surface area contributed by atoms with Crippen molar-refractivity contribution in [3.63, 3.8) is 0 Å². The zero-order valence-corrected chi connectivity index (χ0v) is 10.1. The Hall–Kier alpha value is -1.11. The highest BCUT2D eigenvalue weighted by atomic mass is 16.1. The van der Waals surface area contributed by atoms with Crippen LogP contribution in [0.4, 0.5) is 0 Å². The smallest absolute Gasteiger partial charge is 0.162 e. The number of benzene rings is 1. The van der Waals surface area contributed by atoms with E-state index < -0.39 is 0 Å². The highest BCUT2D eigenvalue weighted by Gasteiger charge is 2.06. The van der Waals surface area contributed by atoms with Crippen molar-refractivity contribution in [1.82, 2.24) is 0 Å². The van der Waals surface area contributed by atoms with Crippen molar-refractivity contribution in [2.24, 2.45) is 5.92 Å². The monoisotopic (exact) mass is 204 g/mol. The molecule has 0 spiro atoms. The number of aryl methyl sites for hydroxylation is 1. The van der Waals surface area contributed by atoms with E-state index in [1.54, 1.807) is 0 Å². The normalized spacial score (nSPS) is 10.7. The van der Waals surface area contributed by atoms with Gasteiger partial charge in [-0.2, -0.15) is 0 Å². The van der Waals surface area contributed by atoms with Gasteiger partial charge >= 0.3 is 0 Å². The molecule has 0 unspecified atom stereocenters. The highest BCUT2D eigenvalue weighted by Crippen LogP contribution is 2.15. The largest absolute Gasteiger partial charge is 0.294 e. The molecule has 0 heterocycles. The van der Waals surface area contributed by atoms with Crippen LogP contribution >= 0.6 is 0 Å². The van der Waals surface area contributed by atoms with Crippen molar-refractivity contribution < 1.29 is 4.79 Å². The third-order valence-electron chi connectivity index (χ3n) is 2.42. The van der Waals surface area contributed by atoms with E-state index in [4.69, 9.17) is 0 Å². The van der Waals surface area contributed by atoms with Gasteiger partial charge in [0.15, 0.2) is 5.78 Å². The first-order valence-corrected chi connectivity index (χ1v) is 5.66. The second-order valence-electron chi connectivity index (χ2n) is 4.58. The van der Waals surface area contributed by atoms with Crippen LogP contribution in [0, 0.1) is 12.8 Å². The van der Waals surface area contributed by atoms with E-state index in [0.717, 1.165) is 12.0 Å². The SMILES string of the molecule is CCC(=O)c1cc(C)cc(CC(C)C)c1. The first-order chi connectivity index (χ1) is 7.02. The Morgan fingerprint density at radius 3 is 2.47 bits per heavy atom. The Morgan fingerprint density at radius 1 is 1.27 bits per heavy atom. The van der Waals surface area contributed by atoms with E-state index in [1.165, 1.54) is 11.1 Å².